The van der Waals surface area contributed by atoms with Crippen LogP contribution >= 0.6 is 15.9 Å². The molecule has 1 aromatic heterocycles. The molecule has 106 valence electrons. The Morgan fingerprint density at radius 3 is 2.45 bits per heavy atom. The number of primary amides is 1. The van der Waals surface area contributed by atoms with Crippen LogP contribution < -0.4 is 11.9 Å². The summed E-state index contributed by atoms with van der Waals surface area (Å²) in [5, 5.41) is 0. The van der Waals surface area contributed by atoms with Crippen molar-refractivity contribution in [1.29, 1.82) is 0 Å². The standard InChI is InChI=1S/C15H15BrN2O.H3N/c16-12-7-9-14(18-10-12)13(15(17)19)8-6-11-4-2-1-3-5-11;/h1-5,7,9-10,13H,6,8H2,(H2,17,19);1H3. The van der Waals surface area contributed by atoms with E-state index in [9.17, 15) is 4.79 Å². The van der Waals surface area contributed by atoms with Gasteiger partial charge in [-0.15, -0.1) is 0 Å². The van der Waals surface area contributed by atoms with Crippen molar-refractivity contribution >= 4 is 21.8 Å². The Hall–Kier alpha value is -1.72. The van der Waals surface area contributed by atoms with Crippen LogP contribution in [0, 0.1) is 0 Å². The minimum atomic E-state index is -0.340. The Kier molecular flexibility index (Phi) is 6.35. The monoisotopic (exact) mass is 335 g/mol. The van der Waals surface area contributed by atoms with Gasteiger partial charge in [0.25, 0.3) is 0 Å². The van der Waals surface area contributed by atoms with E-state index in [0.29, 0.717) is 6.42 Å². The maximum atomic E-state index is 11.6. The lowest BCUT2D eigenvalue weighted by atomic mass is 9.95. The summed E-state index contributed by atoms with van der Waals surface area (Å²) in [6, 6.07) is 13.8. The predicted octanol–water partition coefficient (Wildman–Crippen LogP) is 3.21. The maximum absolute atomic E-state index is 11.6. The van der Waals surface area contributed by atoms with Gasteiger partial charge in [0.15, 0.2) is 0 Å². The zero-order valence-electron chi connectivity index (χ0n) is 11.1. The molecule has 1 unspecified atom stereocenters. The number of hydrogen-bond donors (Lipinski definition) is 2. The lowest BCUT2D eigenvalue weighted by Crippen LogP contribution is -2.22. The first-order valence-electron chi connectivity index (χ1n) is 6.11. The lowest BCUT2D eigenvalue weighted by molar-refractivity contribution is -0.119. The third kappa shape index (κ3) is 4.43. The first kappa shape index (κ1) is 16.3. The van der Waals surface area contributed by atoms with Gasteiger partial charge in [-0.3, -0.25) is 9.78 Å². The van der Waals surface area contributed by atoms with Gasteiger partial charge in [0.1, 0.15) is 0 Å². The van der Waals surface area contributed by atoms with Crippen LogP contribution in [0.4, 0.5) is 0 Å². The summed E-state index contributed by atoms with van der Waals surface area (Å²) in [6.07, 6.45) is 3.17. The number of amides is 1. The van der Waals surface area contributed by atoms with Gasteiger partial charge in [0, 0.05) is 10.7 Å². The largest absolute Gasteiger partial charge is 0.369 e. The predicted molar refractivity (Wildman–Crippen MR) is 83.7 cm³/mol. The zero-order valence-corrected chi connectivity index (χ0v) is 12.7. The molecule has 0 fully saturated rings. The Morgan fingerprint density at radius 2 is 1.90 bits per heavy atom. The summed E-state index contributed by atoms with van der Waals surface area (Å²) in [4.78, 5) is 15.8. The minimum Gasteiger partial charge on any atom is -0.369 e. The average Bonchev–Trinajstić information content (AvgIpc) is 2.42. The van der Waals surface area contributed by atoms with Gasteiger partial charge in [-0.25, -0.2) is 0 Å². The number of carbonyl (C=O) groups is 1. The van der Waals surface area contributed by atoms with E-state index in [0.717, 1.165) is 16.6 Å². The maximum Gasteiger partial charge on any atom is 0.226 e. The van der Waals surface area contributed by atoms with Gasteiger partial charge in [-0.2, -0.15) is 0 Å². The summed E-state index contributed by atoms with van der Waals surface area (Å²) in [7, 11) is 0. The third-order valence-electron chi connectivity index (χ3n) is 3.02. The minimum absolute atomic E-state index is 0. The average molecular weight is 336 g/mol. The number of rotatable bonds is 5. The van der Waals surface area contributed by atoms with Gasteiger partial charge < -0.3 is 11.9 Å². The fourth-order valence-corrected chi connectivity index (χ4v) is 2.22. The number of pyridine rings is 1. The molecule has 1 aromatic carbocycles. The molecule has 0 aliphatic heterocycles. The molecule has 2 rings (SSSR count). The second-order valence-corrected chi connectivity index (χ2v) is 5.30. The summed E-state index contributed by atoms with van der Waals surface area (Å²) in [6.45, 7) is 0. The van der Waals surface area contributed by atoms with Crippen LogP contribution in [0.3, 0.4) is 0 Å². The van der Waals surface area contributed by atoms with Gasteiger partial charge in [-0.1, -0.05) is 30.3 Å². The number of carbonyl (C=O) groups excluding carboxylic acids is 1. The van der Waals surface area contributed by atoms with Crippen LogP contribution in [0.1, 0.15) is 23.6 Å². The van der Waals surface area contributed by atoms with Gasteiger partial charge >= 0.3 is 0 Å². The molecule has 0 aliphatic carbocycles. The van der Waals surface area contributed by atoms with Crippen LogP contribution in [0.5, 0.6) is 0 Å². The van der Waals surface area contributed by atoms with Gasteiger partial charge in [0.2, 0.25) is 5.91 Å². The molecule has 1 amide bonds. The molecule has 1 heterocycles. The van der Waals surface area contributed by atoms with E-state index in [-0.39, 0.29) is 18.0 Å². The van der Waals surface area contributed by atoms with E-state index in [2.05, 4.69) is 20.9 Å². The van der Waals surface area contributed by atoms with Crippen LogP contribution in [0.25, 0.3) is 0 Å². The number of nitrogens with two attached hydrogens (primary N) is 1. The van der Waals surface area contributed by atoms with Crippen LogP contribution in [-0.4, -0.2) is 10.9 Å². The van der Waals surface area contributed by atoms with E-state index < -0.39 is 0 Å². The van der Waals surface area contributed by atoms with Crippen LogP contribution in [0.2, 0.25) is 0 Å². The molecule has 0 spiro atoms. The highest BCUT2D eigenvalue weighted by atomic mass is 79.9. The summed E-state index contributed by atoms with van der Waals surface area (Å²) < 4.78 is 0.891. The smallest absolute Gasteiger partial charge is 0.226 e. The summed E-state index contributed by atoms with van der Waals surface area (Å²) >= 11 is 3.33. The molecule has 0 radical (unpaired) electrons. The topological polar surface area (TPSA) is 91.0 Å². The van der Waals surface area contributed by atoms with Gasteiger partial charge in [0.05, 0.1) is 11.6 Å². The molecule has 5 N–H and O–H groups in total. The van der Waals surface area contributed by atoms with Crippen molar-refractivity contribution in [2.75, 3.05) is 0 Å². The lowest BCUT2D eigenvalue weighted by Gasteiger charge is -2.12. The number of halogens is 1. The number of benzene rings is 1. The van der Waals surface area contributed by atoms with Crippen molar-refractivity contribution in [2.24, 2.45) is 5.73 Å². The van der Waals surface area contributed by atoms with Crippen LogP contribution in [-0.2, 0) is 11.2 Å². The van der Waals surface area contributed by atoms with Gasteiger partial charge in [-0.05, 0) is 46.5 Å². The molecule has 0 saturated heterocycles. The zero-order chi connectivity index (χ0) is 13.7. The second kappa shape index (κ2) is 7.77. The Balaban J connectivity index is 0.00000200. The highest BCUT2D eigenvalue weighted by Crippen LogP contribution is 2.21. The highest BCUT2D eigenvalue weighted by Gasteiger charge is 2.18. The molecule has 2 aromatic rings. The highest BCUT2D eigenvalue weighted by molar-refractivity contribution is 9.10. The number of aromatic nitrogens is 1. The van der Waals surface area contributed by atoms with E-state index in [4.69, 9.17) is 5.73 Å². The van der Waals surface area contributed by atoms with Crippen molar-refractivity contribution in [2.45, 2.75) is 18.8 Å². The molecular formula is C15H18BrN3O. The molecule has 0 saturated carbocycles. The Labute approximate surface area is 127 Å². The van der Waals surface area contributed by atoms with E-state index in [1.54, 1.807) is 6.20 Å². The number of hydrogen-bond acceptors (Lipinski definition) is 3. The van der Waals surface area contributed by atoms with E-state index in [1.807, 2.05) is 42.5 Å². The molecule has 20 heavy (non-hydrogen) atoms. The van der Waals surface area contributed by atoms with Crippen molar-refractivity contribution in [3.63, 3.8) is 0 Å². The number of aryl methyl sites for hydroxylation is 1. The SMILES string of the molecule is N.NC(=O)C(CCc1ccccc1)c1ccc(Br)cn1. The molecule has 1 atom stereocenters. The number of nitrogens with zero attached hydrogens (tertiary/aromatic N) is 1. The Morgan fingerprint density at radius 1 is 1.20 bits per heavy atom. The summed E-state index contributed by atoms with van der Waals surface area (Å²) in [5.41, 5.74) is 7.41. The fourth-order valence-electron chi connectivity index (χ4n) is 1.98. The molecular weight excluding hydrogens is 318 g/mol. The van der Waals surface area contributed by atoms with E-state index in [1.165, 1.54) is 5.56 Å². The molecule has 0 bridgehead atoms. The normalized spacial score (nSPS) is 11.4. The molecule has 5 heteroatoms. The first-order valence-corrected chi connectivity index (χ1v) is 6.91. The second-order valence-electron chi connectivity index (χ2n) is 4.38. The molecule has 4 nitrogen and oxygen atoms in total. The Bertz CT molecular complexity index is 543. The van der Waals surface area contributed by atoms with Crippen molar-refractivity contribution in [1.82, 2.24) is 11.1 Å². The first-order chi connectivity index (χ1) is 9.16. The summed E-state index contributed by atoms with van der Waals surface area (Å²) in [5.74, 6) is -0.668. The fraction of sp³-hybridized carbons (Fsp3) is 0.200. The van der Waals surface area contributed by atoms with Crippen molar-refractivity contribution in [3.8, 4) is 0 Å². The van der Waals surface area contributed by atoms with Crippen molar-refractivity contribution in [3.05, 3.63) is 64.4 Å². The van der Waals surface area contributed by atoms with E-state index >= 15 is 0 Å². The van der Waals surface area contributed by atoms with Crippen LogP contribution in [0.15, 0.2) is 53.1 Å². The third-order valence-corrected chi connectivity index (χ3v) is 3.48. The molecule has 0 aliphatic rings. The quantitative estimate of drug-likeness (QED) is 0.878. The van der Waals surface area contributed by atoms with Crippen molar-refractivity contribution < 1.29 is 4.79 Å².